The number of hydrogen-bond acceptors (Lipinski definition) is 6. The van der Waals surface area contributed by atoms with Gasteiger partial charge in [-0.1, -0.05) is 29.3 Å². The average molecular weight is 404 g/mol. The minimum Gasteiger partial charge on any atom is -0.461 e. The first kappa shape index (κ1) is 18.3. The molecule has 126 valence electrons. The van der Waals surface area contributed by atoms with E-state index in [1.807, 2.05) is 0 Å². The van der Waals surface area contributed by atoms with Crippen molar-refractivity contribution in [3.63, 3.8) is 0 Å². The molecule has 0 saturated carbocycles. The van der Waals surface area contributed by atoms with E-state index < -0.39 is 6.10 Å². The number of hydrazone groups is 2. The summed E-state index contributed by atoms with van der Waals surface area (Å²) in [6.07, 6.45) is -0.809. The predicted octanol–water partition coefficient (Wildman–Crippen LogP) is 1.42. The van der Waals surface area contributed by atoms with Gasteiger partial charge >= 0.3 is 0 Å². The summed E-state index contributed by atoms with van der Waals surface area (Å²) in [6.45, 7) is 0. The summed E-state index contributed by atoms with van der Waals surface area (Å²) in [5.41, 5.74) is 16.4. The Hall–Kier alpha value is -2.01. The zero-order chi connectivity index (χ0) is 17.9. The van der Waals surface area contributed by atoms with Crippen molar-refractivity contribution in [2.75, 3.05) is 0 Å². The van der Waals surface area contributed by atoms with Crippen LogP contribution >= 0.6 is 47.6 Å². The van der Waals surface area contributed by atoms with Gasteiger partial charge in [0.1, 0.15) is 5.71 Å². The first-order chi connectivity index (χ1) is 11.3. The Kier molecular flexibility index (Phi) is 5.89. The van der Waals surface area contributed by atoms with E-state index in [4.69, 9.17) is 57.0 Å². The van der Waals surface area contributed by atoms with Crippen molar-refractivity contribution >= 4 is 75.2 Å². The van der Waals surface area contributed by atoms with Gasteiger partial charge in [0.25, 0.3) is 0 Å². The highest BCUT2D eigenvalue weighted by molar-refractivity contribution is 7.80. The smallest absolute Gasteiger partial charge is 0.237 e. The molecule has 1 aromatic carbocycles. The summed E-state index contributed by atoms with van der Waals surface area (Å²) in [5.74, 6) is -0.252. The van der Waals surface area contributed by atoms with E-state index in [2.05, 4.69) is 33.3 Å². The minimum atomic E-state index is -0.809. The Morgan fingerprint density at radius 1 is 1.17 bits per heavy atom. The Morgan fingerprint density at radius 2 is 1.79 bits per heavy atom. The van der Waals surface area contributed by atoms with E-state index in [0.717, 1.165) is 0 Å². The number of nitrogens with one attached hydrogen (secondary N) is 3. The normalized spacial score (nSPS) is 20.1. The molecule has 1 aromatic rings. The second kappa shape index (κ2) is 7.71. The quantitative estimate of drug-likeness (QED) is 0.380. The van der Waals surface area contributed by atoms with Gasteiger partial charge in [0, 0.05) is 15.6 Å². The molecule has 1 aliphatic heterocycles. The molecule has 7 N–H and O–H groups in total. The van der Waals surface area contributed by atoms with E-state index in [1.54, 1.807) is 18.2 Å². The number of nitrogens with two attached hydrogens (primary N) is 2. The van der Waals surface area contributed by atoms with Crippen LogP contribution in [0.25, 0.3) is 0 Å². The standard InChI is InChI=1S/C12H11Cl2N7OS2/c13-4-1-2-5(6(14)3-4)9-7(18-20-11(16)23)8(10(15)22-9)19-21-12(17)24/h1-3,9,15H,(H3,16,20,23)(H3,17,21,24)/b15-10?,18-7+,19-8+/t9-/m1/s1. The molecule has 0 aromatic heterocycles. The summed E-state index contributed by atoms with van der Waals surface area (Å²) < 4.78 is 5.50. The van der Waals surface area contributed by atoms with Crippen molar-refractivity contribution in [3.05, 3.63) is 33.8 Å². The van der Waals surface area contributed by atoms with Gasteiger partial charge in [0.05, 0.1) is 0 Å². The molecule has 0 aliphatic carbocycles. The van der Waals surface area contributed by atoms with Crippen LogP contribution in [-0.4, -0.2) is 27.5 Å². The van der Waals surface area contributed by atoms with Crippen molar-refractivity contribution in [1.29, 1.82) is 5.41 Å². The fourth-order valence-electron chi connectivity index (χ4n) is 1.84. The molecule has 2 rings (SSSR count). The number of hydrogen-bond donors (Lipinski definition) is 5. The molecule has 1 heterocycles. The second-order valence-corrected chi connectivity index (χ2v) is 6.13. The molecule has 24 heavy (non-hydrogen) atoms. The molecule has 1 atom stereocenters. The number of ether oxygens (including phenoxy) is 1. The van der Waals surface area contributed by atoms with Crippen LogP contribution < -0.4 is 22.3 Å². The van der Waals surface area contributed by atoms with Gasteiger partial charge in [-0.05, 0) is 36.6 Å². The van der Waals surface area contributed by atoms with Gasteiger partial charge < -0.3 is 16.2 Å². The van der Waals surface area contributed by atoms with Crippen LogP contribution in [0.5, 0.6) is 0 Å². The fraction of sp³-hybridized carbons (Fsp3) is 0.0833. The highest BCUT2D eigenvalue weighted by Gasteiger charge is 2.38. The maximum absolute atomic E-state index is 7.94. The Bertz CT molecular complexity index is 781. The molecule has 0 amide bonds. The molecule has 8 nitrogen and oxygen atoms in total. The summed E-state index contributed by atoms with van der Waals surface area (Å²) in [6, 6.07) is 4.84. The third kappa shape index (κ3) is 4.29. The van der Waals surface area contributed by atoms with E-state index in [-0.39, 0.29) is 27.5 Å². The molecule has 0 radical (unpaired) electrons. The molecule has 0 unspecified atom stereocenters. The molecule has 0 bridgehead atoms. The maximum atomic E-state index is 7.94. The summed E-state index contributed by atoms with van der Waals surface area (Å²) in [5, 5.41) is 16.5. The molecule has 1 aliphatic rings. The van der Waals surface area contributed by atoms with Crippen LogP contribution in [0.2, 0.25) is 10.0 Å². The second-order valence-electron chi connectivity index (χ2n) is 4.40. The lowest BCUT2D eigenvalue weighted by atomic mass is 10.0. The third-order valence-electron chi connectivity index (χ3n) is 2.75. The van der Waals surface area contributed by atoms with Crippen LogP contribution in [-0.2, 0) is 4.74 Å². The lowest BCUT2D eigenvalue weighted by Crippen LogP contribution is -2.31. The first-order valence-corrected chi connectivity index (χ1v) is 7.84. The van der Waals surface area contributed by atoms with Gasteiger partial charge in [-0.25, -0.2) is 0 Å². The summed E-state index contributed by atoms with van der Waals surface area (Å²) in [4.78, 5) is 0. The largest absolute Gasteiger partial charge is 0.461 e. The topological polar surface area (TPSA) is 134 Å². The van der Waals surface area contributed by atoms with Crippen LogP contribution in [0.4, 0.5) is 0 Å². The summed E-state index contributed by atoms with van der Waals surface area (Å²) >= 11 is 21.5. The number of benzene rings is 1. The Labute approximate surface area is 157 Å². The van der Waals surface area contributed by atoms with E-state index in [9.17, 15) is 0 Å². The molecular formula is C12H11Cl2N7OS2. The van der Waals surface area contributed by atoms with Crippen LogP contribution in [0, 0.1) is 5.41 Å². The Morgan fingerprint density at radius 3 is 2.38 bits per heavy atom. The monoisotopic (exact) mass is 403 g/mol. The molecule has 12 heteroatoms. The van der Waals surface area contributed by atoms with Gasteiger partial charge in [0.2, 0.25) is 5.90 Å². The number of rotatable bonds is 3. The van der Waals surface area contributed by atoms with Crippen molar-refractivity contribution in [3.8, 4) is 0 Å². The van der Waals surface area contributed by atoms with E-state index in [1.165, 1.54) is 0 Å². The van der Waals surface area contributed by atoms with Crippen LogP contribution in [0.1, 0.15) is 11.7 Å². The fourth-order valence-corrected chi connectivity index (χ4v) is 2.44. The molecule has 1 fully saturated rings. The SMILES string of the molecule is N=C1O[C@H](c2ccc(Cl)cc2Cl)C(=N/NC(N)=S)/C1=N\NC(N)=S. The Balaban J connectivity index is 2.48. The van der Waals surface area contributed by atoms with Crippen molar-refractivity contribution in [2.24, 2.45) is 21.7 Å². The van der Waals surface area contributed by atoms with Crippen molar-refractivity contribution in [1.82, 2.24) is 10.9 Å². The lowest BCUT2D eigenvalue weighted by molar-refractivity contribution is 0.274. The molecular weight excluding hydrogens is 393 g/mol. The van der Waals surface area contributed by atoms with Gasteiger partial charge in [0.15, 0.2) is 22.0 Å². The zero-order valence-corrected chi connectivity index (χ0v) is 15.0. The summed E-state index contributed by atoms with van der Waals surface area (Å²) in [7, 11) is 0. The number of nitrogens with zero attached hydrogens (tertiary/aromatic N) is 2. The number of thiocarbonyl (C=S) groups is 2. The zero-order valence-electron chi connectivity index (χ0n) is 11.8. The average Bonchev–Trinajstić information content (AvgIpc) is 2.78. The maximum Gasteiger partial charge on any atom is 0.237 e. The van der Waals surface area contributed by atoms with E-state index >= 15 is 0 Å². The highest BCUT2D eigenvalue weighted by Crippen LogP contribution is 2.33. The van der Waals surface area contributed by atoms with Crippen LogP contribution in [0.15, 0.2) is 28.4 Å². The number of halogens is 2. The van der Waals surface area contributed by atoms with Crippen LogP contribution in [0.3, 0.4) is 0 Å². The molecule has 0 spiro atoms. The molecule has 1 saturated heterocycles. The highest BCUT2D eigenvalue weighted by atomic mass is 35.5. The predicted molar refractivity (Wildman–Crippen MR) is 103 cm³/mol. The van der Waals surface area contributed by atoms with Gasteiger partial charge in [-0.2, -0.15) is 10.2 Å². The lowest BCUT2D eigenvalue weighted by Gasteiger charge is -2.12. The minimum absolute atomic E-state index is 0.0662. The first-order valence-electron chi connectivity index (χ1n) is 6.26. The third-order valence-corrected chi connectivity index (χ3v) is 3.50. The van der Waals surface area contributed by atoms with Gasteiger partial charge in [-0.3, -0.25) is 16.3 Å². The van der Waals surface area contributed by atoms with Crippen molar-refractivity contribution < 1.29 is 4.74 Å². The van der Waals surface area contributed by atoms with Gasteiger partial charge in [-0.15, -0.1) is 0 Å². The van der Waals surface area contributed by atoms with Crippen molar-refractivity contribution in [2.45, 2.75) is 6.10 Å². The van der Waals surface area contributed by atoms with E-state index in [0.29, 0.717) is 15.6 Å².